The van der Waals surface area contributed by atoms with Crippen LogP contribution >= 0.6 is 0 Å². The highest BCUT2D eigenvalue weighted by atomic mass is 16.1. The number of rotatable bonds is 8. The summed E-state index contributed by atoms with van der Waals surface area (Å²) in [5, 5.41) is 3.03. The van der Waals surface area contributed by atoms with Crippen LogP contribution in [0, 0.1) is 0 Å². The van der Waals surface area contributed by atoms with Gasteiger partial charge in [0.05, 0.1) is 0 Å². The molecule has 1 atom stereocenters. The number of nitrogens with one attached hydrogen (secondary N) is 1. The summed E-state index contributed by atoms with van der Waals surface area (Å²) in [4.78, 5) is 18.8. The molecule has 5 heteroatoms. The lowest BCUT2D eigenvalue weighted by Crippen LogP contribution is -2.42. The van der Waals surface area contributed by atoms with Gasteiger partial charge in [-0.25, -0.2) is 4.98 Å². The second kappa shape index (κ2) is 8.62. The van der Waals surface area contributed by atoms with Crippen molar-refractivity contribution in [2.24, 2.45) is 0 Å². The number of carbonyl (C=O) groups is 1. The molecule has 1 unspecified atom stereocenters. The summed E-state index contributed by atoms with van der Waals surface area (Å²) in [6.45, 7) is 11.2. The second-order valence-corrected chi connectivity index (χ2v) is 5.38. The number of aryl methyl sites for hydroxylation is 1. The van der Waals surface area contributed by atoms with E-state index in [1.807, 2.05) is 13.0 Å². The second-order valence-electron chi connectivity index (χ2n) is 5.38. The number of likely N-dealkylation sites (N-methyl/N-ethyl adjacent to an activating group) is 1. The molecule has 5 nitrogen and oxygen atoms in total. The van der Waals surface area contributed by atoms with Crippen molar-refractivity contribution in [3.8, 4) is 0 Å². The van der Waals surface area contributed by atoms with Crippen molar-refractivity contribution in [2.45, 2.75) is 46.6 Å². The third kappa shape index (κ3) is 5.71. The Hall–Kier alpha value is -1.62. The van der Waals surface area contributed by atoms with Crippen LogP contribution in [0.15, 0.2) is 12.1 Å². The van der Waals surface area contributed by atoms with Crippen LogP contribution in [-0.4, -0.2) is 41.5 Å². The molecule has 1 rings (SSSR count). The molecule has 0 aromatic carbocycles. The zero-order valence-electron chi connectivity index (χ0n) is 13.6. The Morgan fingerprint density at radius 2 is 2.00 bits per heavy atom. The molecular weight excluding hydrogens is 264 g/mol. The molecule has 0 saturated heterocycles. The first-order valence-corrected chi connectivity index (χ1v) is 7.79. The first-order chi connectivity index (χ1) is 9.99. The molecule has 1 heterocycles. The van der Waals surface area contributed by atoms with Crippen LogP contribution in [0.4, 0.5) is 5.82 Å². The van der Waals surface area contributed by atoms with Crippen LogP contribution in [0.25, 0.3) is 0 Å². The van der Waals surface area contributed by atoms with Gasteiger partial charge in [0.15, 0.2) is 0 Å². The molecule has 1 aromatic heterocycles. The molecule has 3 N–H and O–H groups in total. The van der Waals surface area contributed by atoms with E-state index in [-0.39, 0.29) is 11.9 Å². The summed E-state index contributed by atoms with van der Waals surface area (Å²) in [6, 6.07) is 3.57. The number of nitrogens with two attached hydrogens (primary N) is 1. The van der Waals surface area contributed by atoms with Gasteiger partial charge >= 0.3 is 0 Å². The number of pyridine rings is 1. The fraction of sp³-hybridized carbons (Fsp3) is 0.625. The van der Waals surface area contributed by atoms with E-state index in [0.717, 1.165) is 38.2 Å². The van der Waals surface area contributed by atoms with Gasteiger partial charge in [-0.05, 0) is 38.6 Å². The summed E-state index contributed by atoms with van der Waals surface area (Å²) in [5.74, 6) is 0.323. The lowest BCUT2D eigenvalue weighted by Gasteiger charge is -2.23. The van der Waals surface area contributed by atoms with Gasteiger partial charge < -0.3 is 16.0 Å². The average molecular weight is 292 g/mol. The molecule has 0 aliphatic heterocycles. The predicted octanol–water partition coefficient (Wildman–Crippen LogP) is 2.08. The van der Waals surface area contributed by atoms with Gasteiger partial charge in [-0.3, -0.25) is 4.79 Å². The van der Waals surface area contributed by atoms with Crippen molar-refractivity contribution < 1.29 is 4.79 Å². The minimum absolute atomic E-state index is 0.0823. The Kier molecular flexibility index (Phi) is 7.15. The van der Waals surface area contributed by atoms with E-state index in [1.165, 1.54) is 0 Å². The van der Waals surface area contributed by atoms with E-state index in [2.05, 4.69) is 36.0 Å². The van der Waals surface area contributed by atoms with E-state index in [0.29, 0.717) is 11.4 Å². The summed E-state index contributed by atoms with van der Waals surface area (Å²) in [5.41, 5.74) is 7.25. The van der Waals surface area contributed by atoms with E-state index >= 15 is 0 Å². The normalized spacial score (nSPS) is 12.4. The topological polar surface area (TPSA) is 71.2 Å². The van der Waals surface area contributed by atoms with Crippen molar-refractivity contribution in [3.63, 3.8) is 0 Å². The minimum atomic E-state index is -0.0823. The number of amides is 1. The van der Waals surface area contributed by atoms with Crippen molar-refractivity contribution in [1.82, 2.24) is 15.2 Å². The number of anilines is 1. The van der Waals surface area contributed by atoms with Crippen LogP contribution < -0.4 is 11.1 Å². The lowest BCUT2D eigenvalue weighted by atomic mass is 10.1. The van der Waals surface area contributed by atoms with Crippen LogP contribution in [0.2, 0.25) is 0 Å². The molecule has 21 heavy (non-hydrogen) atoms. The highest BCUT2D eigenvalue weighted by Crippen LogP contribution is 2.10. The Balaban J connectivity index is 2.70. The molecule has 0 saturated carbocycles. The summed E-state index contributed by atoms with van der Waals surface area (Å²) in [7, 11) is 0. The summed E-state index contributed by atoms with van der Waals surface area (Å²) in [6.07, 6.45) is 1.82. The zero-order chi connectivity index (χ0) is 15.8. The molecule has 118 valence electrons. The maximum atomic E-state index is 12.3. The molecule has 0 aliphatic carbocycles. The quantitative estimate of drug-likeness (QED) is 0.769. The fourth-order valence-corrected chi connectivity index (χ4v) is 2.35. The predicted molar refractivity (Wildman–Crippen MR) is 87.4 cm³/mol. The SMILES string of the molecule is CCCc1cc(C(=O)NC(C)CN(CC)CC)cc(N)n1. The number of nitrogen functional groups attached to an aromatic ring is 1. The molecular formula is C16H28N4O. The molecule has 1 aromatic rings. The van der Waals surface area contributed by atoms with Crippen molar-refractivity contribution in [2.75, 3.05) is 25.4 Å². The molecule has 0 aliphatic rings. The van der Waals surface area contributed by atoms with Gasteiger partial charge in [0.25, 0.3) is 5.91 Å². The van der Waals surface area contributed by atoms with E-state index < -0.39 is 0 Å². The van der Waals surface area contributed by atoms with E-state index in [1.54, 1.807) is 6.07 Å². The largest absolute Gasteiger partial charge is 0.384 e. The van der Waals surface area contributed by atoms with Gasteiger partial charge in [-0.2, -0.15) is 0 Å². The fourth-order valence-electron chi connectivity index (χ4n) is 2.35. The number of carbonyl (C=O) groups excluding carboxylic acids is 1. The van der Waals surface area contributed by atoms with E-state index in [4.69, 9.17) is 5.73 Å². The summed E-state index contributed by atoms with van der Waals surface area (Å²) < 4.78 is 0. The lowest BCUT2D eigenvalue weighted by molar-refractivity contribution is 0.0930. The van der Waals surface area contributed by atoms with Crippen LogP contribution in [0.1, 0.15) is 50.2 Å². The first-order valence-electron chi connectivity index (χ1n) is 7.79. The molecule has 1 amide bonds. The van der Waals surface area contributed by atoms with Crippen molar-refractivity contribution >= 4 is 11.7 Å². The highest BCUT2D eigenvalue weighted by molar-refractivity contribution is 5.95. The van der Waals surface area contributed by atoms with Crippen LogP contribution in [-0.2, 0) is 6.42 Å². The Morgan fingerprint density at radius 1 is 1.33 bits per heavy atom. The zero-order valence-corrected chi connectivity index (χ0v) is 13.6. The summed E-state index contributed by atoms with van der Waals surface area (Å²) >= 11 is 0. The number of hydrogen-bond acceptors (Lipinski definition) is 4. The van der Waals surface area contributed by atoms with Gasteiger partial charge in [-0.15, -0.1) is 0 Å². The molecule has 0 radical (unpaired) electrons. The smallest absolute Gasteiger partial charge is 0.251 e. The molecule has 0 bridgehead atoms. The Bertz CT molecular complexity index is 458. The van der Waals surface area contributed by atoms with Gasteiger partial charge in [0.2, 0.25) is 0 Å². The average Bonchev–Trinajstić information content (AvgIpc) is 2.44. The Morgan fingerprint density at radius 3 is 2.57 bits per heavy atom. The minimum Gasteiger partial charge on any atom is -0.384 e. The maximum Gasteiger partial charge on any atom is 0.251 e. The third-order valence-electron chi connectivity index (χ3n) is 3.47. The van der Waals surface area contributed by atoms with Gasteiger partial charge in [-0.1, -0.05) is 27.2 Å². The number of hydrogen-bond donors (Lipinski definition) is 2. The van der Waals surface area contributed by atoms with Crippen molar-refractivity contribution in [1.29, 1.82) is 0 Å². The van der Waals surface area contributed by atoms with Crippen LogP contribution in [0.5, 0.6) is 0 Å². The highest BCUT2D eigenvalue weighted by Gasteiger charge is 2.13. The van der Waals surface area contributed by atoms with E-state index in [9.17, 15) is 4.79 Å². The maximum absolute atomic E-state index is 12.3. The Labute approximate surface area is 127 Å². The first kappa shape index (κ1) is 17.4. The monoisotopic (exact) mass is 292 g/mol. The third-order valence-corrected chi connectivity index (χ3v) is 3.47. The standard InChI is InChI=1S/C16H28N4O/c1-5-8-14-9-13(10-15(17)19-14)16(21)18-12(4)11-20(6-2)7-3/h9-10,12H,5-8,11H2,1-4H3,(H2,17,19)(H,18,21). The van der Waals surface area contributed by atoms with Gasteiger partial charge in [0.1, 0.15) is 5.82 Å². The van der Waals surface area contributed by atoms with Crippen molar-refractivity contribution in [3.05, 3.63) is 23.4 Å². The van der Waals surface area contributed by atoms with Crippen LogP contribution in [0.3, 0.4) is 0 Å². The number of nitrogens with zero attached hydrogens (tertiary/aromatic N) is 2. The molecule has 0 spiro atoms. The number of aromatic nitrogens is 1. The van der Waals surface area contributed by atoms with Gasteiger partial charge in [0, 0.05) is 23.8 Å². The molecule has 0 fully saturated rings.